The van der Waals surface area contributed by atoms with Gasteiger partial charge in [-0.1, -0.05) is 37.6 Å². The van der Waals surface area contributed by atoms with Crippen LogP contribution in [0.15, 0.2) is 58.2 Å². The molecule has 2 aromatic carbocycles. The van der Waals surface area contributed by atoms with E-state index < -0.39 is 5.91 Å². The SMILES string of the molecule is CCCCNC(=O)/C(C#N)=c1\s/c(=C\c2ccc(SC)cc2)c(=O)n1-c1ccccc1OC. The van der Waals surface area contributed by atoms with Gasteiger partial charge in [0.25, 0.3) is 11.5 Å². The molecule has 0 bridgehead atoms. The summed E-state index contributed by atoms with van der Waals surface area (Å²) >= 11 is 2.76. The molecule has 1 amide bonds. The van der Waals surface area contributed by atoms with E-state index in [1.165, 1.54) is 11.7 Å². The van der Waals surface area contributed by atoms with E-state index in [1.807, 2.05) is 43.5 Å². The van der Waals surface area contributed by atoms with Gasteiger partial charge in [-0.3, -0.25) is 14.2 Å². The lowest BCUT2D eigenvalue weighted by atomic mass is 10.2. The zero-order valence-corrected chi connectivity index (χ0v) is 20.4. The number of para-hydroxylation sites is 2. The van der Waals surface area contributed by atoms with Crippen molar-refractivity contribution in [1.82, 2.24) is 9.88 Å². The molecule has 8 heteroatoms. The first-order valence-electron chi connectivity index (χ1n) is 10.5. The van der Waals surface area contributed by atoms with Crippen LogP contribution in [0, 0.1) is 11.3 Å². The number of carbonyl (C=O) groups is 1. The van der Waals surface area contributed by atoms with Crippen molar-refractivity contribution in [2.75, 3.05) is 19.9 Å². The maximum absolute atomic E-state index is 13.5. The van der Waals surface area contributed by atoms with E-state index in [-0.39, 0.29) is 15.8 Å². The molecule has 0 spiro atoms. The van der Waals surface area contributed by atoms with Crippen LogP contribution in [0.4, 0.5) is 0 Å². The molecule has 0 fully saturated rings. The second-order valence-electron chi connectivity index (χ2n) is 7.10. The van der Waals surface area contributed by atoms with Gasteiger partial charge in [0.05, 0.1) is 17.3 Å². The van der Waals surface area contributed by atoms with Crippen molar-refractivity contribution in [2.45, 2.75) is 24.7 Å². The molecular weight excluding hydrogens is 454 g/mol. The third-order valence-electron chi connectivity index (χ3n) is 4.93. The summed E-state index contributed by atoms with van der Waals surface area (Å²) in [6.07, 6.45) is 5.50. The van der Waals surface area contributed by atoms with Crippen molar-refractivity contribution in [3.63, 3.8) is 0 Å². The maximum Gasteiger partial charge on any atom is 0.273 e. The van der Waals surface area contributed by atoms with Crippen LogP contribution in [0.2, 0.25) is 0 Å². The number of nitrogens with one attached hydrogen (secondary N) is 1. The average Bonchev–Trinajstić information content (AvgIpc) is 3.15. The monoisotopic (exact) mass is 479 g/mol. The van der Waals surface area contributed by atoms with Gasteiger partial charge in [-0.15, -0.1) is 23.1 Å². The van der Waals surface area contributed by atoms with Crippen LogP contribution in [-0.2, 0) is 4.79 Å². The van der Waals surface area contributed by atoms with Crippen LogP contribution < -0.4 is 24.8 Å². The van der Waals surface area contributed by atoms with E-state index in [4.69, 9.17) is 4.74 Å². The Morgan fingerprint density at radius 1 is 1.24 bits per heavy atom. The molecule has 170 valence electrons. The molecule has 0 aliphatic rings. The minimum atomic E-state index is -0.494. The number of methoxy groups -OCH3 is 1. The third-order valence-corrected chi connectivity index (χ3v) is 6.77. The molecule has 1 aromatic heterocycles. The summed E-state index contributed by atoms with van der Waals surface area (Å²) < 4.78 is 7.54. The fourth-order valence-electron chi connectivity index (χ4n) is 3.20. The molecule has 33 heavy (non-hydrogen) atoms. The number of benzene rings is 2. The summed E-state index contributed by atoms with van der Waals surface area (Å²) in [7, 11) is 1.52. The summed E-state index contributed by atoms with van der Waals surface area (Å²) in [6, 6.07) is 16.9. The van der Waals surface area contributed by atoms with Crippen molar-refractivity contribution in [3.05, 3.63) is 73.6 Å². The number of nitrogens with zero attached hydrogens (tertiary/aromatic N) is 2. The first-order valence-corrected chi connectivity index (χ1v) is 12.5. The molecule has 0 atom stereocenters. The summed E-state index contributed by atoms with van der Waals surface area (Å²) in [5.41, 5.74) is 0.914. The van der Waals surface area contributed by atoms with E-state index in [2.05, 4.69) is 5.32 Å². The zero-order chi connectivity index (χ0) is 23.8. The molecule has 0 aliphatic heterocycles. The first kappa shape index (κ1) is 24.4. The number of thioether (sulfide) groups is 1. The highest BCUT2D eigenvalue weighted by Crippen LogP contribution is 2.20. The molecular formula is C25H25N3O3S2. The summed E-state index contributed by atoms with van der Waals surface area (Å²) in [6.45, 7) is 2.49. The lowest BCUT2D eigenvalue weighted by Gasteiger charge is -2.09. The number of ether oxygens (including phenoxy) is 1. The highest BCUT2D eigenvalue weighted by atomic mass is 32.2. The molecule has 0 unspecified atom stereocenters. The van der Waals surface area contributed by atoms with Gasteiger partial charge < -0.3 is 10.1 Å². The average molecular weight is 480 g/mol. The highest BCUT2D eigenvalue weighted by molar-refractivity contribution is 7.98. The number of rotatable bonds is 8. The molecule has 0 aliphatic carbocycles. The Hall–Kier alpha value is -3.28. The quantitative estimate of drug-likeness (QED) is 0.397. The highest BCUT2D eigenvalue weighted by Gasteiger charge is 2.18. The van der Waals surface area contributed by atoms with Crippen molar-refractivity contribution >= 4 is 40.7 Å². The van der Waals surface area contributed by atoms with Crippen LogP contribution in [0.5, 0.6) is 5.75 Å². The van der Waals surface area contributed by atoms with E-state index in [9.17, 15) is 14.9 Å². The standard InChI is InChI=1S/C25H25N3O3S2/c1-4-5-14-27-23(29)19(16-26)25-28(20-8-6-7-9-21(20)31-2)24(30)22(33-25)15-17-10-12-18(32-3)13-11-17/h6-13,15H,4-5,14H2,1-3H3,(H,27,29)/b22-15-,25-19-. The van der Waals surface area contributed by atoms with Crippen molar-refractivity contribution in [3.8, 4) is 17.5 Å². The summed E-state index contributed by atoms with van der Waals surface area (Å²) in [5.74, 6) is -0.0232. The van der Waals surface area contributed by atoms with Gasteiger partial charge in [0.2, 0.25) is 0 Å². The number of hydrogen-bond donors (Lipinski definition) is 1. The molecule has 3 rings (SSSR count). The predicted molar refractivity (Wildman–Crippen MR) is 134 cm³/mol. The Labute approximate surface area is 200 Å². The third kappa shape index (κ3) is 5.56. The topological polar surface area (TPSA) is 84.1 Å². The van der Waals surface area contributed by atoms with Crippen LogP contribution in [0.25, 0.3) is 17.3 Å². The second kappa shape index (κ2) is 11.5. The molecule has 0 saturated carbocycles. The fraction of sp³-hybridized carbons (Fsp3) is 0.240. The van der Waals surface area contributed by atoms with Gasteiger partial charge in [0, 0.05) is 11.4 Å². The number of hydrogen-bond acceptors (Lipinski definition) is 6. The lowest BCUT2D eigenvalue weighted by molar-refractivity contribution is -0.115. The van der Waals surface area contributed by atoms with E-state index in [0.29, 0.717) is 22.5 Å². The van der Waals surface area contributed by atoms with Gasteiger partial charge >= 0.3 is 0 Å². The van der Waals surface area contributed by atoms with E-state index in [1.54, 1.807) is 42.1 Å². The van der Waals surface area contributed by atoms with Gasteiger partial charge in [0.15, 0.2) is 5.57 Å². The lowest BCUT2D eigenvalue weighted by Crippen LogP contribution is -2.34. The van der Waals surface area contributed by atoms with Crippen LogP contribution in [-0.4, -0.2) is 30.4 Å². The number of thiazole rings is 1. The van der Waals surface area contributed by atoms with Gasteiger partial charge in [0.1, 0.15) is 16.5 Å². The Bertz CT molecular complexity index is 1350. The predicted octanol–water partition coefficient (Wildman–Crippen LogP) is 3.05. The number of amides is 1. The summed E-state index contributed by atoms with van der Waals surface area (Å²) in [5, 5.41) is 12.6. The van der Waals surface area contributed by atoms with E-state index >= 15 is 0 Å². The maximum atomic E-state index is 13.5. The van der Waals surface area contributed by atoms with Crippen molar-refractivity contribution in [1.29, 1.82) is 5.26 Å². The number of unbranched alkanes of at least 4 members (excludes halogenated alkanes) is 1. The minimum Gasteiger partial charge on any atom is -0.495 e. The Kier molecular flexibility index (Phi) is 8.52. The largest absolute Gasteiger partial charge is 0.495 e. The minimum absolute atomic E-state index is 0.100. The smallest absolute Gasteiger partial charge is 0.273 e. The normalized spacial score (nSPS) is 12.2. The number of aromatic nitrogens is 1. The van der Waals surface area contributed by atoms with E-state index in [0.717, 1.165) is 34.6 Å². The molecule has 0 saturated heterocycles. The molecule has 0 radical (unpaired) electrons. The fourth-order valence-corrected chi connectivity index (χ4v) is 4.70. The molecule has 3 aromatic rings. The van der Waals surface area contributed by atoms with Gasteiger partial charge in [-0.2, -0.15) is 5.26 Å². The number of carbonyl (C=O) groups excluding carboxylic acids is 1. The van der Waals surface area contributed by atoms with Crippen LogP contribution >= 0.6 is 23.1 Å². The van der Waals surface area contributed by atoms with Gasteiger partial charge in [-0.25, -0.2) is 0 Å². The summed E-state index contributed by atoms with van der Waals surface area (Å²) in [4.78, 5) is 27.5. The van der Waals surface area contributed by atoms with Crippen LogP contribution in [0.1, 0.15) is 25.3 Å². The van der Waals surface area contributed by atoms with Gasteiger partial charge in [-0.05, 0) is 48.6 Å². The first-order chi connectivity index (χ1) is 16.0. The van der Waals surface area contributed by atoms with Crippen molar-refractivity contribution < 1.29 is 9.53 Å². The second-order valence-corrected chi connectivity index (χ2v) is 9.01. The Morgan fingerprint density at radius 3 is 2.61 bits per heavy atom. The molecule has 6 nitrogen and oxygen atoms in total. The Balaban J connectivity index is 2.30. The van der Waals surface area contributed by atoms with Crippen LogP contribution in [0.3, 0.4) is 0 Å². The van der Waals surface area contributed by atoms with Crippen molar-refractivity contribution in [2.24, 2.45) is 0 Å². The Morgan fingerprint density at radius 2 is 1.97 bits per heavy atom. The molecule has 1 N–H and O–H groups in total. The number of nitriles is 1. The zero-order valence-electron chi connectivity index (χ0n) is 18.8. The molecule has 1 heterocycles.